The van der Waals surface area contributed by atoms with E-state index >= 15 is 0 Å². The zero-order valence-corrected chi connectivity index (χ0v) is 11.3. The van der Waals surface area contributed by atoms with Crippen LogP contribution in [0.5, 0.6) is 5.75 Å². The molecule has 2 aromatic carbocycles. The Hall–Kier alpha value is -2.23. The lowest BCUT2D eigenvalue weighted by Gasteiger charge is -2.30. The average Bonchev–Trinajstić information content (AvgIpc) is 2.42. The minimum atomic E-state index is -0.440. The van der Waals surface area contributed by atoms with Gasteiger partial charge in [-0.1, -0.05) is 24.3 Å². The molecule has 1 aliphatic rings. The van der Waals surface area contributed by atoms with E-state index in [4.69, 9.17) is 10.5 Å². The van der Waals surface area contributed by atoms with Crippen molar-refractivity contribution in [3.63, 3.8) is 0 Å². The van der Waals surface area contributed by atoms with Crippen molar-refractivity contribution in [1.29, 1.82) is 0 Å². The van der Waals surface area contributed by atoms with Crippen molar-refractivity contribution in [3.8, 4) is 5.75 Å². The number of methoxy groups -OCH3 is 1. The number of halogens is 1. The van der Waals surface area contributed by atoms with Crippen molar-refractivity contribution in [2.24, 2.45) is 0 Å². The SMILES string of the molecule is COc1cc(NCC2Cc3ccccc32)c(N)cc1F. The minimum Gasteiger partial charge on any atom is -0.494 e. The van der Waals surface area contributed by atoms with Gasteiger partial charge >= 0.3 is 0 Å². The number of fused-ring (bicyclic) bond motifs is 1. The molecule has 0 spiro atoms. The van der Waals surface area contributed by atoms with Gasteiger partial charge in [0.1, 0.15) is 0 Å². The lowest BCUT2D eigenvalue weighted by atomic mass is 9.77. The van der Waals surface area contributed by atoms with Crippen molar-refractivity contribution < 1.29 is 9.13 Å². The Morgan fingerprint density at radius 2 is 2.15 bits per heavy atom. The van der Waals surface area contributed by atoms with Crippen molar-refractivity contribution in [2.45, 2.75) is 12.3 Å². The first-order valence-corrected chi connectivity index (χ1v) is 6.63. The predicted molar refractivity (Wildman–Crippen MR) is 78.7 cm³/mol. The molecule has 3 rings (SSSR count). The molecule has 3 N–H and O–H groups in total. The van der Waals surface area contributed by atoms with Crippen LogP contribution >= 0.6 is 0 Å². The van der Waals surface area contributed by atoms with E-state index in [0.717, 1.165) is 13.0 Å². The van der Waals surface area contributed by atoms with Crippen LogP contribution < -0.4 is 15.8 Å². The van der Waals surface area contributed by atoms with Gasteiger partial charge in [-0.05, 0) is 17.5 Å². The van der Waals surface area contributed by atoms with Crippen LogP contribution in [0, 0.1) is 5.82 Å². The van der Waals surface area contributed by atoms with E-state index in [1.165, 1.54) is 24.3 Å². The molecule has 104 valence electrons. The van der Waals surface area contributed by atoms with Gasteiger partial charge in [-0.3, -0.25) is 0 Å². The highest BCUT2D eigenvalue weighted by atomic mass is 19.1. The summed E-state index contributed by atoms with van der Waals surface area (Å²) in [4.78, 5) is 0. The zero-order valence-electron chi connectivity index (χ0n) is 11.3. The van der Waals surface area contributed by atoms with Gasteiger partial charge in [0.25, 0.3) is 0 Å². The summed E-state index contributed by atoms with van der Waals surface area (Å²) in [6, 6.07) is 11.3. The second kappa shape index (κ2) is 5.04. The third kappa shape index (κ3) is 2.18. The van der Waals surface area contributed by atoms with Crippen LogP contribution in [0.1, 0.15) is 17.0 Å². The Morgan fingerprint density at radius 1 is 1.35 bits per heavy atom. The second-order valence-electron chi connectivity index (χ2n) is 5.05. The summed E-state index contributed by atoms with van der Waals surface area (Å²) < 4.78 is 18.4. The number of nitrogen functional groups attached to an aromatic ring is 1. The second-order valence-corrected chi connectivity index (χ2v) is 5.05. The molecule has 1 atom stereocenters. The lowest BCUT2D eigenvalue weighted by molar-refractivity contribution is 0.387. The molecule has 0 radical (unpaired) electrons. The summed E-state index contributed by atoms with van der Waals surface area (Å²) in [6.45, 7) is 0.788. The molecule has 0 saturated carbocycles. The van der Waals surface area contributed by atoms with E-state index in [1.807, 2.05) is 0 Å². The number of hydrogen-bond donors (Lipinski definition) is 2. The van der Waals surface area contributed by atoms with Gasteiger partial charge in [-0.15, -0.1) is 0 Å². The molecule has 1 unspecified atom stereocenters. The van der Waals surface area contributed by atoms with E-state index in [1.54, 1.807) is 6.07 Å². The van der Waals surface area contributed by atoms with Crippen molar-refractivity contribution >= 4 is 11.4 Å². The quantitative estimate of drug-likeness (QED) is 0.840. The van der Waals surface area contributed by atoms with Crippen LogP contribution in [-0.2, 0) is 6.42 Å². The summed E-state index contributed by atoms with van der Waals surface area (Å²) in [5.74, 6) is 0.252. The highest BCUT2D eigenvalue weighted by Gasteiger charge is 2.25. The van der Waals surface area contributed by atoms with Gasteiger partial charge < -0.3 is 15.8 Å². The summed E-state index contributed by atoms with van der Waals surface area (Å²) in [7, 11) is 1.44. The first kappa shape index (κ1) is 12.8. The van der Waals surface area contributed by atoms with Crippen LogP contribution in [0.15, 0.2) is 36.4 Å². The first-order valence-electron chi connectivity index (χ1n) is 6.63. The number of anilines is 2. The molecule has 1 aliphatic carbocycles. The summed E-state index contributed by atoms with van der Waals surface area (Å²) >= 11 is 0. The van der Waals surface area contributed by atoms with Gasteiger partial charge in [0.2, 0.25) is 0 Å². The van der Waals surface area contributed by atoms with E-state index in [9.17, 15) is 4.39 Å². The lowest BCUT2D eigenvalue weighted by Crippen LogP contribution is -2.24. The Labute approximate surface area is 117 Å². The summed E-state index contributed by atoms with van der Waals surface area (Å²) in [5.41, 5.74) is 9.73. The fourth-order valence-electron chi connectivity index (χ4n) is 2.66. The highest BCUT2D eigenvalue weighted by molar-refractivity contribution is 5.68. The van der Waals surface area contributed by atoms with Crippen LogP contribution in [0.4, 0.5) is 15.8 Å². The topological polar surface area (TPSA) is 47.3 Å². The largest absolute Gasteiger partial charge is 0.494 e. The number of rotatable bonds is 4. The number of nitrogens with two attached hydrogens (primary N) is 1. The maximum atomic E-state index is 13.5. The molecule has 0 heterocycles. The minimum absolute atomic E-state index is 0.204. The van der Waals surface area contributed by atoms with Gasteiger partial charge in [-0.2, -0.15) is 0 Å². The molecule has 4 heteroatoms. The predicted octanol–water partition coefficient (Wildman–Crippen LogP) is 3.17. The van der Waals surface area contributed by atoms with E-state index in [0.29, 0.717) is 17.3 Å². The summed E-state index contributed by atoms with van der Waals surface area (Å²) in [6.07, 6.45) is 1.07. The standard InChI is InChI=1S/C16H17FN2O/c1-20-16-8-15(14(18)7-13(16)17)19-9-11-6-10-4-2-3-5-12(10)11/h2-5,7-8,11,19H,6,9,18H2,1H3. The number of benzene rings is 2. The monoisotopic (exact) mass is 272 g/mol. The van der Waals surface area contributed by atoms with Gasteiger partial charge in [0, 0.05) is 24.6 Å². The normalized spacial score (nSPS) is 16.2. The van der Waals surface area contributed by atoms with Crippen LogP contribution in [0.2, 0.25) is 0 Å². The highest BCUT2D eigenvalue weighted by Crippen LogP contribution is 2.35. The van der Waals surface area contributed by atoms with Gasteiger partial charge in [0.05, 0.1) is 18.5 Å². The van der Waals surface area contributed by atoms with Crippen molar-refractivity contribution in [3.05, 3.63) is 53.3 Å². The van der Waals surface area contributed by atoms with Gasteiger partial charge in [-0.25, -0.2) is 4.39 Å². The summed E-state index contributed by atoms with van der Waals surface area (Å²) in [5, 5.41) is 3.29. The Bertz CT molecular complexity index is 642. The van der Waals surface area contributed by atoms with Crippen molar-refractivity contribution in [2.75, 3.05) is 24.7 Å². The Balaban J connectivity index is 1.71. The zero-order chi connectivity index (χ0) is 14.1. The molecule has 0 aromatic heterocycles. The molecule has 0 aliphatic heterocycles. The smallest absolute Gasteiger partial charge is 0.167 e. The van der Waals surface area contributed by atoms with E-state index < -0.39 is 5.82 Å². The molecule has 0 saturated heterocycles. The van der Waals surface area contributed by atoms with Crippen LogP contribution in [-0.4, -0.2) is 13.7 Å². The third-order valence-corrected chi connectivity index (χ3v) is 3.82. The number of ether oxygens (including phenoxy) is 1. The Kier molecular flexibility index (Phi) is 3.22. The molecule has 3 nitrogen and oxygen atoms in total. The Morgan fingerprint density at radius 3 is 2.90 bits per heavy atom. The molecule has 0 fully saturated rings. The maximum Gasteiger partial charge on any atom is 0.167 e. The van der Waals surface area contributed by atoms with E-state index in [-0.39, 0.29) is 5.75 Å². The first-order chi connectivity index (χ1) is 9.69. The number of hydrogen-bond acceptors (Lipinski definition) is 3. The number of nitrogens with one attached hydrogen (secondary N) is 1. The van der Waals surface area contributed by atoms with Crippen LogP contribution in [0.25, 0.3) is 0 Å². The van der Waals surface area contributed by atoms with E-state index in [2.05, 4.69) is 29.6 Å². The molecular weight excluding hydrogens is 255 g/mol. The molecule has 2 aromatic rings. The third-order valence-electron chi connectivity index (χ3n) is 3.82. The fraction of sp³-hybridized carbons (Fsp3) is 0.250. The molecule has 0 amide bonds. The fourth-order valence-corrected chi connectivity index (χ4v) is 2.66. The van der Waals surface area contributed by atoms with Gasteiger partial charge in [0.15, 0.2) is 11.6 Å². The molecule has 20 heavy (non-hydrogen) atoms. The van der Waals surface area contributed by atoms with Crippen LogP contribution in [0.3, 0.4) is 0 Å². The average molecular weight is 272 g/mol. The maximum absolute atomic E-state index is 13.5. The van der Waals surface area contributed by atoms with Crippen molar-refractivity contribution in [1.82, 2.24) is 0 Å². The molecule has 0 bridgehead atoms. The molecular formula is C16H17FN2O.